The lowest BCUT2D eigenvalue weighted by molar-refractivity contribution is -0.111. The van der Waals surface area contributed by atoms with Crippen molar-refractivity contribution >= 4 is 17.7 Å². The molecule has 134 valence electrons. The first kappa shape index (κ1) is 16.5. The van der Waals surface area contributed by atoms with Gasteiger partial charge in [-0.2, -0.15) is 0 Å². The Morgan fingerprint density at radius 1 is 1.08 bits per heavy atom. The number of para-hydroxylation sites is 1. The van der Waals surface area contributed by atoms with Crippen LogP contribution in [-0.2, 0) is 4.79 Å². The lowest BCUT2D eigenvalue weighted by Crippen LogP contribution is -2.11. The van der Waals surface area contributed by atoms with Gasteiger partial charge in [0.2, 0.25) is 12.7 Å². The van der Waals surface area contributed by atoms with E-state index in [1.807, 2.05) is 24.3 Å². The Bertz CT molecular complexity index is 825. The summed E-state index contributed by atoms with van der Waals surface area (Å²) in [6.45, 7) is 0.213. The molecule has 1 heterocycles. The van der Waals surface area contributed by atoms with Crippen molar-refractivity contribution in [3.8, 4) is 17.2 Å². The molecule has 1 N–H and O–H groups in total. The molecule has 2 aliphatic rings. The summed E-state index contributed by atoms with van der Waals surface area (Å²) in [5, 5.41) is 2.83. The second kappa shape index (κ2) is 7.52. The second-order valence-electron chi connectivity index (χ2n) is 6.45. The number of amides is 1. The highest BCUT2D eigenvalue weighted by Gasteiger charge is 2.17. The summed E-state index contributed by atoms with van der Waals surface area (Å²) in [6.07, 6.45) is 8.23. The van der Waals surface area contributed by atoms with Gasteiger partial charge in [0.15, 0.2) is 11.5 Å². The highest BCUT2D eigenvalue weighted by atomic mass is 16.7. The average molecular weight is 351 g/mol. The highest BCUT2D eigenvalue weighted by molar-refractivity contribution is 6.02. The molecule has 1 aliphatic heterocycles. The summed E-state index contributed by atoms with van der Waals surface area (Å²) in [5.41, 5.74) is 1.57. The Kier molecular flexibility index (Phi) is 4.78. The number of anilines is 1. The fourth-order valence-electron chi connectivity index (χ4n) is 3.23. The van der Waals surface area contributed by atoms with E-state index in [0.717, 1.165) is 24.2 Å². The number of carbonyl (C=O) groups is 1. The maximum atomic E-state index is 12.2. The average Bonchev–Trinajstić information content (AvgIpc) is 3.32. The standard InChI is InChI=1S/C21H21NO4/c23-21(22-16-10-11-19-20(13-16)25-14-24-19)12-9-15-5-1-4-8-18(15)26-17-6-2-3-7-17/h1,4-5,8-13,17H,2-3,6-7,14H2,(H,22,23). The van der Waals surface area contributed by atoms with Crippen molar-refractivity contribution in [2.45, 2.75) is 31.8 Å². The number of benzene rings is 2. The van der Waals surface area contributed by atoms with Crippen molar-refractivity contribution in [2.24, 2.45) is 0 Å². The van der Waals surface area contributed by atoms with Crippen LogP contribution in [-0.4, -0.2) is 18.8 Å². The maximum Gasteiger partial charge on any atom is 0.248 e. The lowest BCUT2D eigenvalue weighted by Gasteiger charge is -2.15. The van der Waals surface area contributed by atoms with Crippen LogP contribution in [0, 0.1) is 0 Å². The van der Waals surface area contributed by atoms with Crippen LogP contribution in [0.3, 0.4) is 0 Å². The van der Waals surface area contributed by atoms with Gasteiger partial charge in [0, 0.05) is 23.4 Å². The van der Waals surface area contributed by atoms with E-state index in [2.05, 4.69) is 5.32 Å². The van der Waals surface area contributed by atoms with Gasteiger partial charge in [-0.15, -0.1) is 0 Å². The van der Waals surface area contributed by atoms with E-state index >= 15 is 0 Å². The molecule has 1 aliphatic carbocycles. The van der Waals surface area contributed by atoms with Crippen molar-refractivity contribution in [1.29, 1.82) is 0 Å². The molecule has 0 aromatic heterocycles. The molecule has 5 heteroatoms. The molecule has 0 saturated heterocycles. The van der Waals surface area contributed by atoms with Gasteiger partial charge in [0.1, 0.15) is 5.75 Å². The maximum absolute atomic E-state index is 12.2. The van der Waals surface area contributed by atoms with Gasteiger partial charge in [0.25, 0.3) is 0 Å². The van der Waals surface area contributed by atoms with Crippen molar-refractivity contribution in [3.63, 3.8) is 0 Å². The third-order valence-corrected chi connectivity index (χ3v) is 4.57. The molecule has 0 bridgehead atoms. The van der Waals surface area contributed by atoms with Gasteiger partial charge in [-0.25, -0.2) is 0 Å². The van der Waals surface area contributed by atoms with Gasteiger partial charge in [-0.3, -0.25) is 4.79 Å². The van der Waals surface area contributed by atoms with Crippen LogP contribution in [0.4, 0.5) is 5.69 Å². The van der Waals surface area contributed by atoms with E-state index in [-0.39, 0.29) is 18.8 Å². The number of fused-ring (bicyclic) bond motifs is 1. The van der Waals surface area contributed by atoms with Gasteiger partial charge in [-0.05, 0) is 50.0 Å². The Morgan fingerprint density at radius 3 is 2.77 bits per heavy atom. The Balaban J connectivity index is 1.41. The molecular weight excluding hydrogens is 330 g/mol. The molecule has 0 spiro atoms. The summed E-state index contributed by atoms with van der Waals surface area (Å²) in [4.78, 5) is 12.2. The van der Waals surface area contributed by atoms with Crippen LogP contribution < -0.4 is 19.5 Å². The third-order valence-electron chi connectivity index (χ3n) is 4.57. The Morgan fingerprint density at radius 2 is 1.88 bits per heavy atom. The van der Waals surface area contributed by atoms with Crippen molar-refractivity contribution < 1.29 is 19.0 Å². The minimum Gasteiger partial charge on any atom is -0.490 e. The smallest absolute Gasteiger partial charge is 0.248 e. The number of hydrogen-bond donors (Lipinski definition) is 1. The number of carbonyl (C=O) groups excluding carboxylic acids is 1. The number of ether oxygens (including phenoxy) is 3. The van der Waals surface area contributed by atoms with Crippen LogP contribution in [0.5, 0.6) is 17.2 Å². The molecule has 1 saturated carbocycles. The fraction of sp³-hybridized carbons (Fsp3) is 0.286. The number of nitrogens with one attached hydrogen (secondary N) is 1. The van der Waals surface area contributed by atoms with Gasteiger partial charge in [0.05, 0.1) is 6.10 Å². The van der Waals surface area contributed by atoms with Crippen LogP contribution in [0.25, 0.3) is 6.08 Å². The zero-order chi connectivity index (χ0) is 17.8. The molecule has 26 heavy (non-hydrogen) atoms. The van der Waals surface area contributed by atoms with Gasteiger partial charge >= 0.3 is 0 Å². The molecule has 1 fully saturated rings. The van der Waals surface area contributed by atoms with Crippen molar-refractivity contribution in [3.05, 3.63) is 54.1 Å². The molecule has 5 nitrogen and oxygen atoms in total. The minimum absolute atomic E-state index is 0.209. The van der Waals surface area contributed by atoms with Crippen molar-refractivity contribution in [2.75, 3.05) is 12.1 Å². The van der Waals surface area contributed by atoms with Gasteiger partial charge < -0.3 is 19.5 Å². The van der Waals surface area contributed by atoms with E-state index in [1.165, 1.54) is 18.9 Å². The zero-order valence-corrected chi connectivity index (χ0v) is 14.4. The quantitative estimate of drug-likeness (QED) is 0.812. The summed E-state index contributed by atoms with van der Waals surface area (Å²) in [7, 11) is 0. The molecule has 0 unspecified atom stereocenters. The van der Waals surface area contributed by atoms with E-state index in [9.17, 15) is 4.79 Å². The van der Waals surface area contributed by atoms with Crippen LogP contribution in [0.1, 0.15) is 31.2 Å². The molecule has 4 rings (SSSR count). The normalized spacial score (nSPS) is 16.2. The van der Waals surface area contributed by atoms with Crippen LogP contribution in [0.2, 0.25) is 0 Å². The Hall–Kier alpha value is -2.95. The molecule has 2 aromatic rings. The summed E-state index contributed by atoms with van der Waals surface area (Å²) in [6, 6.07) is 13.1. The third kappa shape index (κ3) is 3.82. The first-order chi connectivity index (χ1) is 12.8. The summed E-state index contributed by atoms with van der Waals surface area (Å²) < 4.78 is 16.7. The summed E-state index contributed by atoms with van der Waals surface area (Å²) in [5.74, 6) is 1.95. The predicted octanol–water partition coefficient (Wildman–Crippen LogP) is 4.39. The van der Waals surface area contributed by atoms with E-state index in [4.69, 9.17) is 14.2 Å². The molecule has 1 amide bonds. The fourth-order valence-corrected chi connectivity index (χ4v) is 3.23. The summed E-state index contributed by atoms with van der Waals surface area (Å²) >= 11 is 0. The molecule has 0 atom stereocenters. The highest BCUT2D eigenvalue weighted by Crippen LogP contribution is 2.34. The molecular formula is C21H21NO4. The van der Waals surface area contributed by atoms with E-state index in [0.29, 0.717) is 17.2 Å². The number of hydrogen-bond acceptors (Lipinski definition) is 4. The first-order valence-corrected chi connectivity index (χ1v) is 8.92. The minimum atomic E-state index is -0.209. The van der Waals surface area contributed by atoms with E-state index < -0.39 is 0 Å². The monoisotopic (exact) mass is 351 g/mol. The zero-order valence-electron chi connectivity index (χ0n) is 14.4. The SMILES string of the molecule is O=C(C=Cc1ccccc1OC1CCCC1)Nc1ccc2c(c1)OCO2. The topological polar surface area (TPSA) is 56.8 Å². The molecule has 0 radical (unpaired) electrons. The first-order valence-electron chi connectivity index (χ1n) is 8.92. The largest absolute Gasteiger partial charge is 0.490 e. The van der Waals surface area contributed by atoms with Crippen LogP contribution in [0.15, 0.2) is 48.5 Å². The molecule has 2 aromatic carbocycles. The number of rotatable bonds is 5. The van der Waals surface area contributed by atoms with Crippen LogP contribution >= 0.6 is 0 Å². The Labute approximate surface area is 152 Å². The lowest BCUT2D eigenvalue weighted by atomic mass is 10.1. The van der Waals surface area contributed by atoms with Crippen molar-refractivity contribution in [1.82, 2.24) is 0 Å². The van der Waals surface area contributed by atoms with E-state index in [1.54, 1.807) is 24.3 Å². The predicted molar refractivity (Wildman–Crippen MR) is 99.6 cm³/mol. The second-order valence-corrected chi connectivity index (χ2v) is 6.45. The van der Waals surface area contributed by atoms with Gasteiger partial charge in [-0.1, -0.05) is 18.2 Å².